The summed E-state index contributed by atoms with van der Waals surface area (Å²) in [6.45, 7) is 1.93. The molecule has 0 aliphatic carbocycles. The van der Waals surface area contributed by atoms with E-state index in [4.69, 9.17) is 0 Å². The van der Waals surface area contributed by atoms with Crippen LogP contribution in [0, 0.1) is 6.92 Å². The quantitative estimate of drug-likeness (QED) is 0.750. The van der Waals surface area contributed by atoms with Gasteiger partial charge in [0.15, 0.2) is 0 Å². The van der Waals surface area contributed by atoms with Gasteiger partial charge in [0.1, 0.15) is 0 Å². The Labute approximate surface area is 126 Å². The molecule has 0 saturated carbocycles. The number of carbonyl (C=O) groups is 1. The van der Waals surface area contributed by atoms with Gasteiger partial charge in [-0.1, -0.05) is 18.2 Å². The van der Waals surface area contributed by atoms with Crippen molar-refractivity contribution < 1.29 is 4.79 Å². The van der Waals surface area contributed by atoms with Gasteiger partial charge in [-0.3, -0.25) is 9.78 Å². The molecule has 0 saturated heterocycles. The summed E-state index contributed by atoms with van der Waals surface area (Å²) in [5.41, 5.74) is 2.28. The first kappa shape index (κ1) is 13.5. The molecule has 5 heteroatoms. The largest absolute Gasteiger partial charge is 0.321 e. The van der Waals surface area contributed by atoms with E-state index in [2.05, 4.69) is 15.3 Å². The number of amides is 1. The molecule has 4 nitrogen and oxygen atoms in total. The molecular weight excluding hydrogens is 282 g/mol. The van der Waals surface area contributed by atoms with Crippen LogP contribution >= 0.6 is 11.3 Å². The van der Waals surface area contributed by atoms with Crippen molar-refractivity contribution >= 4 is 39.9 Å². The number of fused-ring (bicyclic) bond motifs is 1. The zero-order valence-corrected chi connectivity index (χ0v) is 12.2. The molecule has 1 amide bonds. The second-order valence-electron chi connectivity index (χ2n) is 4.49. The highest BCUT2D eigenvalue weighted by Gasteiger charge is 2.04. The minimum absolute atomic E-state index is 0.196. The fourth-order valence-corrected chi connectivity index (χ4v) is 2.58. The van der Waals surface area contributed by atoms with Crippen LogP contribution in [-0.2, 0) is 4.79 Å². The number of hydrogen-bond acceptors (Lipinski definition) is 4. The van der Waals surface area contributed by atoms with E-state index in [0.717, 1.165) is 21.6 Å². The molecule has 2 heterocycles. The molecule has 0 aliphatic rings. The van der Waals surface area contributed by atoms with Crippen molar-refractivity contribution in [1.82, 2.24) is 9.97 Å². The summed E-state index contributed by atoms with van der Waals surface area (Å²) in [6, 6.07) is 9.54. The summed E-state index contributed by atoms with van der Waals surface area (Å²) >= 11 is 1.56. The third-order valence-corrected chi connectivity index (χ3v) is 3.72. The lowest BCUT2D eigenvalue weighted by Gasteiger charge is -2.05. The van der Waals surface area contributed by atoms with Crippen molar-refractivity contribution in [3.05, 3.63) is 58.7 Å². The fraction of sp³-hybridized carbons (Fsp3) is 0.0625. The van der Waals surface area contributed by atoms with E-state index in [1.54, 1.807) is 23.6 Å². The molecule has 0 unspecified atom stereocenters. The molecule has 1 N–H and O–H groups in total. The van der Waals surface area contributed by atoms with Crippen LogP contribution in [0.5, 0.6) is 0 Å². The Balaban J connectivity index is 1.79. The average molecular weight is 295 g/mol. The second-order valence-corrected chi connectivity index (χ2v) is 5.56. The van der Waals surface area contributed by atoms with Crippen molar-refractivity contribution in [2.24, 2.45) is 0 Å². The van der Waals surface area contributed by atoms with Crippen molar-refractivity contribution in [2.75, 3.05) is 5.32 Å². The molecule has 3 aromatic rings. The Kier molecular flexibility index (Phi) is 3.75. The molecule has 2 aromatic heterocycles. The van der Waals surface area contributed by atoms with Crippen LogP contribution < -0.4 is 5.32 Å². The Morgan fingerprint density at radius 1 is 1.29 bits per heavy atom. The molecule has 0 atom stereocenters. The summed E-state index contributed by atoms with van der Waals surface area (Å²) in [5.74, 6) is -0.196. The fourth-order valence-electron chi connectivity index (χ4n) is 2.00. The number of aromatic nitrogens is 2. The first-order valence-corrected chi connectivity index (χ1v) is 7.35. The SMILES string of the molecule is Cc1nc(/C=C/C(=O)Nc2cccc3cccnc23)cs1. The smallest absolute Gasteiger partial charge is 0.248 e. The van der Waals surface area contributed by atoms with Gasteiger partial charge >= 0.3 is 0 Å². The molecule has 3 rings (SSSR count). The van der Waals surface area contributed by atoms with Crippen LogP contribution in [0.15, 0.2) is 48.0 Å². The van der Waals surface area contributed by atoms with Gasteiger partial charge in [0, 0.05) is 23.0 Å². The van der Waals surface area contributed by atoms with Crippen LogP contribution in [-0.4, -0.2) is 15.9 Å². The summed E-state index contributed by atoms with van der Waals surface area (Å²) in [5, 5.41) is 6.74. The third-order valence-electron chi connectivity index (χ3n) is 2.93. The normalized spacial score (nSPS) is 11.1. The highest BCUT2D eigenvalue weighted by Crippen LogP contribution is 2.20. The van der Waals surface area contributed by atoms with Gasteiger partial charge < -0.3 is 5.32 Å². The second kappa shape index (κ2) is 5.85. The Hall–Kier alpha value is -2.53. The Morgan fingerprint density at radius 2 is 2.14 bits per heavy atom. The Morgan fingerprint density at radius 3 is 2.95 bits per heavy atom. The van der Waals surface area contributed by atoms with E-state index < -0.39 is 0 Å². The van der Waals surface area contributed by atoms with E-state index in [0.29, 0.717) is 5.69 Å². The van der Waals surface area contributed by atoms with Gasteiger partial charge in [0.2, 0.25) is 5.91 Å². The summed E-state index contributed by atoms with van der Waals surface area (Å²) in [7, 11) is 0. The number of aryl methyl sites for hydroxylation is 1. The molecule has 0 radical (unpaired) electrons. The first-order valence-electron chi connectivity index (χ1n) is 6.47. The number of nitrogens with one attached hydrogen (secondary N) is 1. The molecule has 1 aromatic carbocycles. The summed E-state index contributed by atoms with van der Waals surface area (Å²) in [6.07, 6.45) is 4.90. The third kappa shape index (κ3) is 3.14. The topological polar surface area (TPSA) is 54.9 Å². The van der Waals surface area contributed by atoms with Crippen LogP contribution in [0.2, 0.25) is 0 Å². The van der Waals surface area contributed by atoms with Gasteiger partial charge in [-0.25, -0.2) is 4.98 Å². The van der Waals surface area contributed by atoms with Crippen LogP contribution in [0.1, 0.15) is 10.7 Å². The first-order chi connectivity index (χ1) is 10.2. The van der Waals surface area contributed by atoms with Crippen molar-refractivity contribution in [3.8, 4) is 0 Å². The highest BCUT2D eigenvalue weighted by atomic mass is 32.1. The minimum atomic E-state index is -0.196. The van der Waals surface area contributed by atoms with E-state index >= 15 is 0 Å². The molecule has 0 bridgehead atoms. The number of rotatable bonds is 3. The lowest BCUT2D eigenvalue weighted by Crippen LogP contribution is -2.08. The number of anilines is 1. The molecule has 104 valence electrons. The predicted molar refractivity (Wildman–Crippen MR) is 86.3 cm³/mol. The minimum Gasteiger partial charge on any atom is -0.321 e. The number of pyridine rings is 1. The van der Waals surface area contributed by atoms with Crippen molar-refractivity contribution in [1.29, 1.82) is 0 Å². The lowest BCUT2D eigenvalue weighted by molar-refractivity contribution is -0.111. The van der Waals surface area contributed by atoms with Gasteiger partial charge in [-0.15, -0.1) is 11.3 Å². The van der Waals surface area contributed by atoms with Crippen LogP contribution in [0.3, 0.4) is 0 Å². The lowest BCUT2D eigenvalue weighted by atomic mass is 10.2. The molecule has 21 heavy (non-hydrogen) atoms. The standard InChI is InChI=1S/C16H13N3OS/c1-11-18-13(10-21-11)7-8-15(20)19-14-6-2-4-12-5-3-9-17-16(12)14/h2-10H,1H3,(H,19,20)/b8-7+. The van der Waals surface area contributed by atoms with Crippen molar-refractivity contribution in [3.63, 3.8) is 0 Å². The number of para-hydroxylation sites is 1. The van der Waals surface area contributed by atoms with Crippen molar-refractivity contribution in [2.45, 2.75) is 6.92 Å². The summed E-state index contributed by atoms with van der Waals surface area (Å²) in [4.78, 5) is 20.6. The molecular formula is C16H13N3OS. The number of benzene rings is 1. The van der Waals surface area contributed by atoms with Crippen LogP contribution in [0.25, 0.3) is 17.0 Å². The van der Waals surface area contributed by atoms with Gasteiger partial charge in [-0.05, 0) is 25.1 Å². The molecule has 0 aliphatic heterocycles. The zero-order valence-electron chi connectivity index (χ0n) is 11.4. The number of carbonyl (C=O) groups excluding carboxylic acids is 1. The predicted octanol–water partition coefficient (Wildman–Crippen LogP) is 3.65. The number of nitrogens with zero attached hydrogens (tertiary/aromatic N) is 2. The van der Waals surface area contributed by atoms with Gasteiger partial charge in [-0.2, -0.15) is 0 Å². The van der Waals surface area contributed by atoms with E-state index in [1.165, 1.54) is 6.08 Å². The van der Waals surface area contributed by atoms with E-state index in [-0.39, 0.29) is 5.91 Å². The maximum absolute atomic E-state index is 12.0. The maximum Gasteiger partial charge on any atom is 0.248 e. The maximum atomic E-state index is 12.0. The van der Waals surface area contributed by atoms with E-state index in [9.17, 15) is 4.79 Å². The number of thiazole rings is 1. The molecule has 0 fully saturated rings. The number of hydrogen-bond donors (Lipinski definition) is 1. The zero-order chi connectivity index (χ0) is 14.7. The molecule has 0 spiro atoms. The monoisotopic (exact) mass is 295 g/mol. The Bertz CT molecular complexity index is 818. The van der Waals surface area contributed by atoms with Crippen LogP contribution in [0.4, 0.5) is 5.69 Å². The van der Waals surface area contributed by atoms with Gasteiger partial charge in [0.05, 0.1) is 21.9 Å². The highest BCUT2D eigenvalue weighted by molar-refractivity contribution is 7.09. The van der Waals surface area contributed by atoms with E-state index in [1.807, 2.05) is 42.6 Å². The average Bonchev–Trinajstić information content (AvgIpc) is 2.91. The summed E-state index contributed by atoms with van der Waals surface area (Å²) < 4.78 is 0. The van der Waals surface area contributed by atoms with Gasteiger partial charge in [0.25, 0.3) is 0 Å².